The van der Waals surface area contributed by atoms with Crippen LogP contribution >= 0.6 is 12.2 Å². The Kier molecular flexibility index (Phi) is 7.30. The van der Waals surface area contributed by atoms with Crippen molar-refractivity contribution in [3.8, 4) is 11.5 Å². The molecule has 1 aliphatic heterocycles. The fraction of sp³-hybridized carbons (Fsp3) is 0.185. The number of nitro groups is 1. The zero-order valence-corrected chi connectivity index (χ0v) is 20.9. The highest BCUT2D eigenvalue weighted by Gasteiger charge is 2.33. The molecule has 3 aromatic carbocycles. The Morgan fingerprint density at radius 1 is 1.11 bits per heavy atom. The summed E-state index contributed by atoms with van der Waals surface area (Å²) < 4.78 is 11.3. The molecule has 1 saturated heterocycles. The first-order valence-corrected chi connectivity index (χ1v) is 11.7. The van der Waals surface area contributed by atoms with Crippen molar-refractivity contribution >= 4 is 40.7 Å². The second-order valence-corrected chi connectivity index (χ2v) is 8.56. The molecule has 0 aromatic heterocycles. The number of nitrogens with one attached hydrogen (secondary N) is 1. The number of thiocarbonyl (C=S) groups is 1. The van der Waals surface area contributed by atoms with E-state index in [1.807, 2.05) is 43.3 Å². The van der Waals surface area contributed by atoms with Crippen LogP contribution in [0.15, 0.2) is 66.4 Å². The van der Waals surface area contributed by atoms with Crippen LogP contribution in [0.25, 0.3) is 6.08 Å². The van der Waals surface area contributed by atoms with Crippen LogP contribution in [-0.2, 0) is 17.8 Å². The summed E-state index contributed by atoms with van der Waals surface area (Å²) >= 11 is 5.47. The lowest BCUT2D eigenvalue weighted by atomic mass is 10.1. The number of anilines is 1. The first-order valence-electron chi connectivity index (χ1n) is 11.3. The van der Waals surface area contributed by atoms with Crippen molar-refractivity contribution in [1.82, 2.24) is 5.32 Å². The van der Waals surface area contributed by atoms with Crippen molar-refractivity contribution < 1.29 is 19.2 Å². The third-order valence-corrected chi connectivity index (χ3v) is 6.15. The van der Waals surface area contributed by atoms with E-state index in [0.29, 0.717) is 27.9 Å². The van der Waals surface area contributed by atoms with Crippen LogP contribution in [0.3, 0.4) is 0 Å². The smallest absolute Gasteiger partial charge is 0.281 e. The van der Waals surface area contributed by atoms with E-state index in [2.05, 4.69) is 5.32 Å². The first kappa shape index (κ1) is 24.9. The van der Waals surface area contributed by atoms with Crippen molar-refractivity contribution in [3.05, 3.63) is 98.7 Å². The van der Waals surface area contributed by atoms with Gasteiger partial charge >= 0.3 is 0 Å². The van der Waals surface area contributed by atoms with E-state index in [1.54, 1.807) is 38.3 Å². The van der Waals surface area contributed by atoms with Gasteiger partial charge in [-0.05, 0) is 73.1 Å². The van der Waals surface area contributed by atoms with Gasteiger partial charge in [-0.15, -0.1) is 0 Å². The molecule has 8 nitrogen and oxygen atoms in total. The van der Waals surface area contributed by atoms with Crippen LogP contribution in [0.2, 0.25) is 0 Å². The highest BCUT2D eigenvalue weighted by Crippen LogP contribution is 2.29. The predicted octanol–water partition coefficient (Wildman–Crippen LogP) is 5.32. The summed E-state index contributed by atoms with van der Waals surface area (Å²) in [6.45, 7) is 3.87. The molecule has 3 aromatic rings. The normalized spacial score (nSPS) is 14.2. The zero-order valence-electron chi connectivity index (χ0n) is 20.1. The standard InChI is InChI=1S/C27H25N3O5S/c1-4-19-7-5-6-8-24(19)29-26(31)22(28-27(29)36)15-18-9-12-25(34-3)20(14-18)16-35-21-10-11-23(30(32)33)17(2)13-21/h5-15H,4,16H2,1-3H3,(H,28,36)/b22-15+. The van der Waals surface area contributed by atoms with E-state index in [1.165, 1.54) is 11.0 Å². The van der Waals surface area contributed by atoms with Gasteiger partial charge < -0.3 is 14.8 Å². The van der Waals surface area contributed by atoms with Crippen LogP contribution < -0.4 is 19.7 Å². The molecule has 0 saturated carbocycles. The van der Waals surface area contributed by atoms with Crippen molar-refractivity contribution in [2.45, 2.75) is 26.9 Å². The minimum atomic E-state index is -0.425. The molecule has 0 radical (unpaired) electrons. The second kappa shape index (κ2) is 10.6. The van der Waals surface area contributed by atoms with Gasteiger partial charge in [-0.1, -0.05) is 31.2 Å². The third-order valence-electron chi connectivity index (χ3n) is 5.87. The summed E-state index contributed by atoms with van der Waals surface area (Å²) in [4.78, 5) is 25.4. The van der Waals surface area contributed by atoms with Gasteiger partial charge in [0.05, 0.1) is 17.7 Å². The number of nitro benzene ring substituents is 1. The summed E-state index contributed by atoms with van der Waals surface area (Å²) in [6.07, 6.45) is 2.51. The Morgan fingerprint density at radius 2 is 1.89 bits per heavy atom. The number of amides is 1. The second-order valence-electron chi connectivity index (χ2n) is 8.18. The number of carbonyl (C=O) groups is 1. The maximum absolute atomic E-state index is 13.2. The van der Waals surface area contributed by atoms with Crippen molar-refractivity contribution in [3.63, 3.8) is 0 Å². The van der Waals surface area contributed by atoms with Gasteiger partial charge in [0.15, 0.2) is 5.11 Å². The van der Waals surface area contributed by atoms with E-state index in [9.17, 15) is 14.9 Å². The molecule has 36 heavy (non-hydrogen) atoms. The zero-order chi connectivity index (χ0) is 25.8. The SMILES string of the molecule is CCc1ccccc1N1C(=O)/C(=C\c2ccc(OC)c(COc3ccc([N+](=O)[O-])c(C)c3)c2)NC1=S. The lowest BCUT2D eigenvalue weighted by Gasteiger charge is -2.17. The molecule has 0 atom stereocenters. The summed E-state index contributed by atoms with van der Waals surface area (Å²) in [7, 11) is 1.57. The third kappa shape index (κ3) is 5.06. The van der Waals surface area contributed by atoms with Gasteiger partial charge in [-0.2, -0.15) is 0 Å². The van der Waals surface area contributed by atoms with Gasteiger partial charge in [0.2, 0.25) is 0 Å². The lowest BCUT2D eigenvalue weighted by Crippen LogP contribution is -2.31. The predicted molar refractivity (Wildman–Crippen MR) is 142 cm³/mol. The molecule has 4 rings (SSSR count). The Balaban J connectivity index is 1.57. The molecule has 9 heteroatoms. The lowest BCUT2D eigenvalue weighted by molar-refractivity contribution is -0.385. The number of methoxy groups -OCH3 is 1. The molecular weight excluding hydrogens is 478 g/mol. The van der Waals surface area contributed by atoms with Gasteiger partial charge in [0.1, 0.15) is 23.8 Å². The molecule has 1 N–H and O–H groups in total. The first-order chi connectivity index (χ1) is 17.3. The van der Waals surface area contributed by atoms with Crippen LogP contribution in [0.1, 0.15) is 29.2 Å². The highest BCUT2D eigenvalue weighted by atomic mass is 32.1. The maximum atomic E-state index is 13.2. The fourth-order valence-electron chi connectivity index (χ4n) is 4.03. The van der Waals surface area contributed by atoms with Gasteiger partial charge in [0, 0.05) is 17.2 Å². The van der Waals surface area contributed by atoms with Crippen molar-refractivity contribution in [2.24, 2.45) is 0 Å². The quantitative estimate of drug-likeness (QED) is 0.193. The Bertz CT molecular complexity index is 1390. The van der Waals surface area contributed by atoms with Crippen molar-refractivity contribution in [1.29, 1.82) is 0 Å². The van der Waals surface area contributed by atoms with E-state index in [4.69, 9.17) is 21.7 Å². The van der Waals surface area contributed by atoms with E-state index < -0.39 is 4.92 Å². The molecule has 0 aliphatic carbocycles. The average Bonchev–Trinajstić information content (AvgIpc) is 3.14. The number of carbonyl (C=O) groups excluding carboxylic acids is 1. The fourth-order valence-corrected chi connectivity index (χ4v) is 4.32. The van der Waals surface area contributed by atoms with E-state index in [-0.39, 0.29) is 18.2 Å². The summed E-state index contributed by atoms with van der Waals surface area (Å²) in [5, 5.41) is 14.4. The Hall–Kier alpha value is -4.24. The largest absolute Gasteiger partial charge is 0.496 e. The van der Waals surface area contributed by atoms with Crippen LogP contribution in [0, 0.1) is 17.0 Å². The summed E-state index contributed by atoms with van der Waals surface area (Å²) in [6, 6.07) is 17.8. The molecule has 0 spiro atoms. The number of aryl methyl sites for hydroxylation is 2. The number of hydrogen-bond acceptors (Lipinski definition) is 6. The molecule has 1 aliphatic rings. The van der Waals surface area contributed by atoms with E-state index >= 15 is 0 Å². The Labute approximate surface area is 214 Å². The monoisotopic (exact) mass is 503 g/mol. The highest BCUT2D eigenvalue weighted by molar-refractivity contribution is 7.80. The topological polar surface area (TPSA) is 93.9 Å². The molecule has 184 valence electrons. The minimum Gasteiger partial charge on any atom is -0.496 e. The number of benzene rings is 3. The maximum Gasteiger partial charge on any atom is 0.281 e. The van der Waals surface area contributed by atoms with Crippen LogP contribution in [-0.4, -0.2) is 23.1 Å². The number of nitrogens with zero attached hydrogens (tertiary/aromatic N) is 2. The van der Waals surface area contributed by atoms with E-state index in [0.717, 1.165) is 28.8 Å². The Morgan fingerprint density at radius 3 is 2.58 bits per heavy atom. The van der Waals surface area contributed by atoms with Gasteiger partial charge in [-0.25, -0.2) is 0 Å². The molecule has 0 unspecified atom stereocenters. The van der Waals surface area contributed by atoms with Gasteiger partial charge in [0.25, 0.3) is 11.6 Å². The average molecular weight is 504 g/mol. The van der Waals surface area contributed by atoms with Gasteiger partial charge in [-0.3, -0.25) is 19.8 Å². The molecule has 1 fully saturated rings. The molecule has 1 heterocycles. The number of rotatable bonds is 8. The molecular formula is C27H25N3O5S. The molecule has 1 amide bonds. The number of hydrogen-bond donors (Lipinski definition) is 1. The summed E-state index contributed by atoms with van der Waals surface area (Å²) in [5.41, 5.74) is 4.24. The number of para-hydroxylation sites is 1. The molecule has 0 bridgehead atoms. The minimum absolute atomic E-state index is 0.0378. The number of ether oxygens (including phenoxy) is 2. The van der Waals surface area contributed by atoms with Crippen molar-refractivity contribution in [2.75, 3.05) is 12.0 Å². The van der Waals surface area contributed by atoms with Crippen LogP contribution in [0.4, 0.5) is 11.4 Å². The van der Waals surface area contributed by atoms with Crippen LogP contribution in [0.5, 0.6) is 11.5 Å². The summed E-state index contributed by atoms with van der Waals surface area (Å²) in [5.74, 6) is 0.901.